The summed E-state index contributed by atoms with van der Waals surface area (Å²) in [6, 6.07) is 7.22. The fourth-order valence-corrected chi connectivity index (χ4v) is 4.82. The molecule has 11 heteroatoms. The maximum atomic E-state index is 14.5. The Morgan fingerprint density at radius 3 is 2.35 bits per heavy atom. The number of ether oxygens (including phenoxy) is 1. The Labute approximate surface area is 198 Å². The third kappa shape index (κ3) is 5.91. The van der Waals surface area contributed by atoms with Gasteiger partial charge >= 0.3 is 0 Å². The maximum Gasteiger partial charge on any atom is 0.258 e. The van der Waals surface area contributed by atoms with Gasteiger partial charge in [-0.3, -0.25) is 9.59 Å². The Kier molecular flexibility index (Phi) is 7.90. The van der Waals surface area contributed by atoms with E-state index in [1.807, 2.05) is 7.05 Å². The summed E-state index contributed by atoms with van der Waals surface area (Å²) in [6.07, 6.45) is 0. The number of hydrogen-bond acceptors (Lipinski definition) is 6. The van der Waals surface area contributed by atoms with Crippen LogP contribution in [0.3, 0.4) is 0 Å². The van der Waals surface area contributed by atoms with E-state index >= 15 is 0 Å². The number of carbonyl (C=O) groups is 2. The number of benzene rings is 2. The summed E-state index contributed by atoms with van der Waals surface area (Å²) in [5.41, 5.74) is 0.0588. The summed E-state index contributed by atoms with van der Waals surface area (Å²) in [4.78, 5) is 29.4. The van der Waals surface area contributed by atoms with Crippen LogP contribution in [-0.2, 0) is 10.0 Å². The van der Waals surface area contributed by atoms with Crippen LogP contribution in [0.4, 0.5) is 10.1 Å². The van der Waals surface area contributed by atoms with Gasteiger partial charge < -0.3 is 19.9 Å². The predicted molar refractivity (Wildman–Crippen MR) is 126 cm³/mol. The molecule has 0 bridgehead atoms. The van der Waals surface area contributed by atoms with Crippen molar-refractivity contribution in [2.45, 2.75) is 24.8 Å². The van der Waals surface area contributed by atoms with Crippen molar-refractivity contribution in [3.63, 3.8) is 0 Å². The zero-order chi connectivity index (χ0) is 25.0. The first kappa shape index (κ1) is 25.6. The average molecular weight is 493 g/mol. The van der Waals surface area contributed by atoms with E-state index in [1.54, 1.807) is 30.9 Å². The number of rotatable bonds is 7. The minimum Gasteiger partial charge on any atom is -0.495 e. The summed E-state index contributed by atoms with van der Waals surface area (Å²) in [6.45, 7) is 5.99. The van der Waals surface area contributed by atoms with Crippen molar-refractivity contribution in [2.75, 3.05) is 45.7 Å². The number of piperazine rings is 1. The summed E-state index contributed by atoms with van der Waals surface area (Å²) in [5.74, 6) is -1.68. The number of halogens is 1. The Morgan fingerprint density at radius 2 is 1.74 bits per heavy atom. The van der Waals surface area contributed by atoms with Gasteiger partial charge in [0.25, 0.3) is 11.8 Å². The summed E-state index contributed by atoms with van der Waals surface area (Å²) < 4.78 is 47.0. The first-order valence-corrected chi connectivity index (χ1v) is 12.3. The van der Waals surface area contributed by atoms with Gasteiger partial charge in [-0.25, -0.2) is 17.5 Å². The Balaban J connectivity index is 1.87. The number of hydrogen-bond donors (Lipinski definition) is 2. The second-order valence-corrected chi connectivity index (χ2v) is 10.1. The van der Waals surface area contributed by atoms with Crippen LogP contribution in [0.15, 0.2) is 41.3 Å². The number of likely N-dealkylation sites (N-methyl/N-ethyl adjacent to an activating group) is 1. The topological polar surface area (TPSA) is 108 Å². The predicted octanol–water partition coefficient (Wildman–Crippen LogP) is 2.16. The van der Waals surface area contributed by atoms with Crippen molar-refractivity contribution >= 4 is 27.5 Å². The molecule has 1 heterocycles. The van der Waals surface area contributed by atoms with E-state index in [0.29, 0.717) is 18.7 Å². The zero-order valence-corrected chi connectivity index (χ0v) is 20.4. The molecule has 1 aliphatic heterocycles. The fraction of sp³-hybridized carbons (Fsp3) is 0.391. The molecule has 2 N–H and O–H groups in total. The summed E-state index contributed by atoms with van der Waals surface area (Å²) in [7, 11) is -0.539. The monoisotopic (exact) mass is 492 g/mol. The number of anilines is 1. The van der Waals surface area contributed by atoms with Crippen LogP contribution in [0, 0.1) is 5.82 Å². The third-order valence-electron chi connectivity index (χ3n) is 5.37. The van der Waals surface area contributed by atoms with Gasteiger partial charge in [0.05, 0.1) is 23.3 Å². The molecule has 0 spiro atoms. The highest BCUT2D eigenvalue weighted by Crippen LogP contribution is 2.27. The SMILES string of the molecule is COc1ccc(C(=O)N2CCN(C)CC2)cc1NC(=O)c1cc(S(=O)(=O)NC(C)C)ccc1F. The summed E-state index contributed by atoms with van der Waals surface area (Å²) in [5, 5.41) is 2.55. The smallest absolute Gasteiger partial charge is 0.258 e. The molecule has 3 rings (SSSR count). The normalized spacial score (nSPS) is 14.8. The zero-order valence-electron chi connectivity index (χ0n) is 19.6. The van der Waals surface area contributed by atoms with Gasteiger partial charge in [-0.1, -0.05) is 0 Å². The fourth-order valence-electron chi connectivity index (χ4n) is 3.54. The standard InChI is InChI=1S/C23H29FN4O5S/c1-15(2)26-34(31,32)17-6-7-19(24)18(14-17)22(29)25-20-13-16(5-8-21(20)33-4)23(30)28-11-9-27(3)10-12-28/h5-8,13-15,26H,9-12H2,1-4H3,(H,25,29). The highest BCUT2D eigenvalue weighted by molar-refractivity contribution is 7.89. The summed E-state index contributed by atoms with van der Waals surface area (Å²) >= 11 is 0. The van der Waals surface area contributed by atoms with Gasteiger partial charge in [0.2, 0.25) is 10.0 Å². The maximum absolute atomic E-state index is 14.5. The largest absolute Gasteiger partial charge is 0.495 e. The average Bonchev–Trinajstić information content (AvgIpc) is 2.78. The lowest BCUT2D eigenvalue weighted by Gasteiger charge is -2.32. The number of methoxy groups -OCH3 is 1. The first-order chi connectivity index (χ1) is 16.0. The first-order valence-electron chi connectivity index (χ1n) is 10.8. The number of carbonyl (C=O) groups excluding carboxylic acids is 2. The quantitative estimate of drug-likeness (QED) is 0.613. The Morgan fingerprint density at radius 1 is 1.06 bits per heavy atom. The minimum absolute atomic E-state index is 0.167. The lowest BCUT2D eigenvalue weighted by Crippen LogP contribution is -2.47. The van der Waals surface area contributed by atoms with E-state index in [0.717, 1.165) is 31.3 Å². The molecule has 0 aromatic heterocycles. The molecule has 1 fully saturated rings. The van der Waals surface area contributed by atoms with Crippen LogP contribution in [0.2, 0.25) is 0 Å². The van der Waals surface area contributed by atoms with Crippen LogP contribution in [-0.4, -0.2) is 76.4 Å². The molecule has 0 unspecified atom stereocenters. The van der Waals surface area contributed by atoms with Crippen LogP contribution >= 0.6 is 0 Å². The molecule has 0 atom stereocenters. The van der Waals surface area contributed by atoms with Gasteiger partial charge in [0, 0.05) is 37.8 Å². The molecular weight excluding hydrogens is 463 g/mol. The second-order valence-electron chi connectivity index (χ2n) is 8.38. The van der Waals surface area contributed by atoms with Crippen LogP contribution in [0.1, 0.15) is 34.6 Å². The van der Waals surface area contributed by atoms with Crippen molar-refractivity contribution in [1.82, 2.24) is 14.5 Å². The van der Waals surface area contributed by atoms with Crippen LogP contribution in [0.25, 0.3) is 0 Å². The molecule has 0 saturated carbocycles. The highest BCUT2D eigenvalue weighted by atomic mass is 32.2. The molecule has 184 valence electrons. The van der Waals surface area contributed by atoms with Crippen LogP contribution in [0.5, 0.6) is 5.75 Å². The molecule has 9 nitrogen and oxygen atoms in total. The molecule has 2 amide bonds. The molecular formula is C23H29FN4O5S. The minimum atomic E-state index is -3.93. The molecule has 2 aromatic rings. The van der Waals surface area contributed by atoms with Crippen molar-refractivity contribution in [3.8, 4) is 5.75 Å². The molecule has 0 radical (unpaired) electrons. The van der Waals surface area contributed by atoms with E-state index < -0.39 is 27.3 Å². The highest BCUT2D eigenvalue weighted by Gasteiger charge is 2.23. The lowest BCUT2D eigenvalue weighted by atomic mass is 10.1. The van der Waals surface area contributed by atoms with E-state index in [1.165, 1.54) is 13.2 Å². The molecule has 34 heavy (non-hydrogen) atoms. The van der Waals surface area contributed by atoms with E-state index in [4.69, 9.17) is 4.74 Å². The third-order valence-corrected chi connectivity index (χ3v) is 7.02. The van der Waals surface area contributed by atoms with Gasteiger partial charge in [0.1, 0.15) is 11.6 Å². The second kappa shape index (κ2) is 10.5. The Hall–Kier alpha value is -3.02. The van der Waals surface area contributed by atoms with Gasteiger partial charge in [0.15, 0.2) is 0 Å². The number of amides is 2. The number of nitrogens with one attached hydrogen (secondary N) is 2. The van der Waals surface area contributed by atoms with Gasteiger partial charge in [-0.2, -0.15) is 0 Å². The Bertz CT molecular complexity index is 1180. The van der Waals surface area contributed by atoms with E-state index in [9.17, 15) is 22.4 Å². The van der Waals surface area contributed by atoms with Crippen molar-refractivity contribution in [2.24, 2.45) is 0 Å². The molecule has 2 aromatic carbocycles. The van der Waals surface area contributed by atoms with Crippen molar-refractivity contribution < 1.29 is 27.1 Å². The van der Waals surface area contributed by atoms with Gasteiger partial charge in [-0.15, -0.1) is 0 Å². The van der Waals surface area contributed by atoms with E-state index in [-0.39, 0.29) is 28.3 Å². The van der Waals surface area contributed by atoms with Crippen LogP contribution < -0.4 is 14.8 Å². The molecule has 1 aliphatic rings. The number of sulfonamides is 1. The van der Waals surface area contributed by atoms with E-state index in [2.05, 4.69) is 14.9 Å². The molecule has 1 saturated heterocycles. The van der Waals surface area contributed by atoms with Crippen molar-refractivity contribution in [3.05, 3.63) is 53.3 Å². The molecule has 0 aliphatic carbocycles. The number of nitrogens with zero attached hydrogens (tertiary/aromatic N) is 2. The van der Waals surface area contributed by atoms with Crippen molar-refractivity contribution in [1.29, 1.82) is 0 Å². The lowest BCUT2D eigenvalue weighted by molar-refractivity contribution is 0.0664. The van der Waals surface area contributed by atoms with Gasteiger partial charge in [-0.05, 0) is 57.3 Å².